The molecule has 4 rings (SSSR count). The molecule has 0 aromatic carbocycles. The molecule has 3 aromatic rings. The number of carbonyl (C=O) groups is 1. The van der Waals surface area contributed by atoms with E-state index in [1.165, 1.54) is 0 Å². The van der Waals surface area contributed by atoms with Crippen molar-refractivity contribution in [3.8, 4) is 0 Å². The van der Waals surface area contributed by atoms with E-state index in [2.05, 4.69) is 30.2 Å². The lowest BCUT2D eigenvalue weighted by Crippen LogP contribution is -2.47. The summed E-state index contributed by atoms with van der Waals surface area (Å²) in [6, 6.07) is 11.5. The largest absolute Gasteiger partial charge is 0.361 e. The maximum atomic E-state index is 12.2. The van der Waals surface area contributed by atoms with E-state index in [4.69, 9.17) is 4.52 Å². The van der Waals surface area contributed by atoms with Gasteiger partial charge in [-0.25, -0.2) is 9.97 Å². The van der Waals surface area contributed by atoms with Gasteiger partial charge in [-0.15, -0.1) is 0 Å². The Hall–Kier alpha value is -3.42. The van der Waals surface area contributed by atoms with Gasteiger partial charge in [0.25, 0.3) is 5.91 Å². The first kappa shape index (κ1) is 18.0. The second-order valence-electron chi connectivity index (χ2n) is 6.65. The van der Waals surface area contributed by atoms with E-state index in [-0.39, 0.29) is 11.6 Å². The fraction of sp³-hybridized carbons (Fsp3) is 0.300. The molecular formula is C20H22N6O2. The number of aromatic nitrogens is 3. The number of anilines is 2. The minimum absolute atomic E-state index is 0.258. The molecule has 8 nitrogen and oxygen atoms in total. The second kappa shape index (κ2) is 8.08. The summed E-state index contributed by atoms with van der Waals surface area (Å²) >= 11 is 0. The number of pyridine rings is 2. The molecule has 0 radical (unpaired) electrons. The molecule has 1 saturated heterocycles. The molecule has 8 heteroatoms. The fourth-order valence-corrected chi connectivity index (χ4v) is 3.28. The zero-order valence-electron chi connectivity index (χ0n) is 15.7. The van der Waals surface area contributed by atoms with Gasteiger partial charge in [0.1, 0.15) is 17.4 Å². The first-order valence-electron chi connectivity index (χ1n) is 9.27. The molecule has 1 N–H and O–H groups in total. The number of carbonyl (C=O) groups excluding carboxylic acids is 1. The molecule has 1 fully saturated rings. The van der Waals surface area contributed by atoms with Gasteiger partial charge in [0.05, 0.1) is 0 Å². The summed E-state index contributed by atoms with van der Waals surface area (Å²) in [5.41, 5.74) is 1.26. The van der Waals surface area contributed by atoms with E-state index in [9.17, 15) is 4.79 Å². The summed E-state index contributed by atoms with van der Waals surface area (Å²) in [5, 5.41) is 6.65. The van der Waals surface area contributed by atoms with Crippen molar-refractivity contribution in [2.75, 3.05) is 36.0 Å². The average molecular weight is 378 g/mol. The van der Waals surface area contributed by atoms with E-state index in [0.29, 0.717) is 12.3 Å². The number of aryl methyl sites for hydroxylation is 1. The van der Waals surface area contributed by atoms with E-state index in [0.717, 1.165) is 43.4 Å². The minimum Gasteiger partial charge on any atom is -0.361 e. The maximum Gasteiger partial charge on any atom is 0.273 e. The normalized spacial score (nSPS) is 14.2. The van der Waals surface area contributed by atoms with Gasteiger partial charge in [0.2, 0.25) is 0 Å². The van der Waals surface area contributed by atoms with Crippen LogP contribution < -0.4 is 15.1 Å². The number of hydrogen-bond acceptors (Lipinski definition) is 7. The Morgan fingerprint density at radius 3 is 2.57 bits per heavy atom. The van der Waals surface area contributed by atoms with Gasteiger partial charge < -0.3 is 19.6 Å². The molecule has 0 unspecified atom stereocenters. The van der Waals surface area contributed by atoms with Gasteiger partial charge in [-0.05, 0) is 25.1 Å². The second-order valence-corrected chi connectivity index (χ2v) is 6.65. The molecule has 0 spiro atoms. The van der Waals surface area contributed by atoms with Gasteiger partial charge in [-0.3, -0.25) is 4.79 Å². The molecule has 1 aliphatic rings. The molecular weight excluding hydrogens is 356 g/mol. The average Bonchev–Trinajstić information content (AvgIpc) is 3.19. The Morgan fingerprint density at radius 2 is 1.86 bits per heavy atom. The Kier molecular flexibility index (Phi) is 5.18. The lowest BCUT2D eigenvalue weighted by molar-refractivity contribution is 0.0942. The molecule has 144 valence electrons. The first-order chi connectivity index (χ1) is 13.7. The van der Waals surface area contributed by atoms with Crippen molar-refractivity contribution in [1.29, 1.82) is 0 Å². The molecule has 1 aliphatic heterocycles. The van der Waals surface area contributed by atoms with E-state index >= 15 is 0 Å². The molecule has 3 aromatic heterocycles. The van der Waals surface area contributed by atoms with Crippen molar-refractivity contribution >= 4 is 17.5 Å². The third-order valence-electron chi connectivity index (χ3n) is 4.72. The van der Waals surface area contributed by atoms with Gasteiger partial charge in [0.15, 0.2) is 5.69 Å². The van der Waals surface area contributed by atoms with E-state index in [1.807, 2.05) is 36.5 Å². The lowest BCUT2D eigenvalue weighted by atomic mass is 10.2. The number of piperazine rings is 1. The van der Waals surface area contributed by atoms with Crippen molar-refractivity contribution in [3.05, 3.63) is 65.8 Å². The Bertz CT molecular complexity index is 935. The van der Waals surface area contributed by atoms with E-state index < -0.39 is 0 Å². The summed E-state index contributed by atoms with van der Waals surface area (Å²) in [7, 11) is 0. The van der Waals surface area contributed by atoms with Crippen molar-refractivity contribution in [2.45, 2.75) is 13.5 Å². The van der Waals surface area contributed by atoms with Crippen molar-refractivity contribution in [1.82, 2.24) is 20.4 Å². The Morgan fingerprint density at radius 1 is 1.07 bits per heavy atom. The summed E-state index contributed by atoms with van der Waals surface area (Å²) in [4.78, 5) is 25.7. The summed E-state index contributed by atoms with van der Waals surface area (Å²) in [5.74, 6) is 2.25. The van der Waals surface area contributed by atoms with Crippen LogP contribution in [0.4, 0.5) is 11.6 Å². The quantitative estimate of drug-likeness (QED) is 0.727. The van der Waals surface area contributed by atoms with Gasteiger partial charge in [-0.2, -0.15) is 0 Å². The Balaban J connectivity index is 1.40. The lowest BCUT2D eigenvalue weighted by Gasteiger charge is -2.36. The van der Waals surface area contributed by atoms with Crippen LogP contribution in [0.3, 0.4) is 0 Å². The predicted octanol–water partition coefficient (Wildman–Crippen LogP) is 2.03. The standard InChI is InChI=1S/C20H22N6O2/c1-15-13-17(24-28-15)20(27)23-14-16-5-4-8-22-19(16)26-11-9-25(10-12-26)18-6-2-3-7-21-18/h2-8,13H,9-12,14H2,1H3,(H,23,27). The summed E-state index contributed by atoms with van der Waals surface area (Å²) in [6.07, 6.45) is 3.60. The number of nitrogens with zero attached hydrogens (tertiary/aromatic N) is 5. The van der Waals surface area contributed by atoms with Crippen LogP contribution in [0.1, 0.15) is 21.8 Å². The van der Waals surface area contributed by atoms with Crippen LogP contribution in [0.25, 0.3) is 0 Å². The summed E-state index contributed by atoms with van der Waals surface area (Å²) in [6.45, 7) is 5.57. The smallest absolute Gasteiger partial charge is 0.273 e. The molecule has 0 saturated carbocycles. The van der Waals surface area contributed by atoms with Gasteiger partial charge in [-0.1, -0.05) is 17.3 Å². The van der Waals surface area contributed by atoms with Crippen LogP contribution in [0.2, 0.25) is 0 Å². The highest BCUT2D eigenvalue weighted by Crippen LogP contribution is 2.21. The minimum atomic E-state index is -0.258. The maximum absolute atomic E-state index is 12.2. The molecule has 0 bridgehead atoms. The highest BCUT2D eigenvalue weighted by atomic mass is 16.5. The monoisotopic (exact) mass is 378 g/mol. The SMILES string of the molecule is Cc1cc(C(=O)NCc2cccnc2N2CCN(c3ccccn3)CC2)no1. The number of rotatable bonds is 5. The van der Waals surface area contributed by atoms with Crippen LogP contribution in [0.15, 0.2) is 53.3 Å². The van der Waals surface area contributed by atoms with Gasteiger partial charge in [0, 0.05) is 56.7 Å². The highest BCUT2D eigenvalue weighted by molar-refractivity contribution is 5.92. The zero-order valence-corrected chi connectivity index (χ0v) is 15.7. The zero-order chi connectivity index (χ0) is 19.3. The number of amides is 1. The molecule has 28 heavy (non-hydrogen) atoms. The number of nitrogens with one attached hydrogen (secondary N) is 1. The van der Waals surface area contributed by atoms with Crippen LogP contribution in [-0.4, -0.2) is 47.2 Å². The molecule has 4 heterocycles. The third-order valence-corrected chi connectivity index (χ3v) is 4.72. The van der Waals surface area contributed by atoms with Crippen LogP contribution in [-0.2, 0) is 6.54 Å². The van der Waals surface area contributed by atoms with Crippen molar-refractivity contribution in [2.24, 2.45) is 0 Å². The molecule has 1 amide bonds. The van der Waals surface area contributed by atoms with Gasteiger partial charge >= 0.3 is 0 Å². The van der Waals surface area contributed by atoms with Crippen LogP contribution in [0.5, 0.6) is 0 Å². The summed E-state index contributed by atoms with van der Waals surface area (Å²) < 4.78 is 4.96. The topological polar surface area (TPSA) is 87.4 Å². The molecule has 0 aliphatic carbocycles. The first-order valence-corrected chi connectivity index (χ1v) is 9.27. The Labute approximate surface area is 163 Å². The van der Waals surface area contributed by atoms with Crippen molar-refractivity contribution < 1.29 is 9.32 Å². The van der Waals surface area contributed by atoms with Crippen LogP contribution >= 0.6 is 0 Å². The highest BCUT2D eigenvalue weighted by Gasteiger charge is 2.21. The van der Waals surface area contributed by atoms with Crippen LogP contribution in [0, 0.1) is 6.92 Å². The predicted molar refractivity (Wildman–Crippen MR) is 105 cm³/mol. The third kappa shape index (κ3) is 3.95. The number of hydrogen-bond donors (Lipinski definition) is 1. The van der Waals surface area contributed by atoms with E-state index in [1.54, 1.807) is 19.2 Å². The van der Waals surface area contributed by atoms with Crippen molar-refractivity contribution in [3.63, 3.8) is 0 Å². The molecule has 0 atom stereocenters. The fourth-order valence-electron chi connectivity index (χ4n) is 3.28.